The maximum Gasteiger partial charge on any atom is 0.310 e. The van der Waals surface area contributed by atoms with E-state index in [0.29, 0.717) is 16.6 Å². The van der Waals surface area contributed by atoms with E-state index >= 15 is 0 Å². The van der Waals surface area contributed by atoms with Gasteiger partial charge in [-0.05, 0) is 44.0 Å². The van der Waals surface area contributed by atoms with Crippen LogP contribution in [0.25, 0.3) is 27.8 Å². The van der Waals surface area contributed by atoms with Crippen LogP contribution in [0.5, 0.6) is 0 Å². The molecule has 7 nitrogen and oxygen atoms in total. The molecule has 0 N–H and O–H groups in total. The van der Waals surface area contributed by atoms with Gasteiger partial charge in [-0.3, -0.25) is 23.9 Å². The molecule has 1 aliphatic rings. The van der Waals surface area contributed by atoms with E-state index in [0.717, 1.165) is 22.5 Å². The van der Waals surface area contributed by atoms with Gasteiger partial charge in [0, 0.05) is 28.9 Å². The summed E-state index contributed by atoms with van der Waals surface area (Å²) in [5, 5.41) is 0.684. The van der Waals surface area contributed by atoms with Crippen LogP contribution in [0.1, 0.15) is 46.0 Å². The molecule has 7 heteroatoms. The minimum Gasteiger partial charge on any atom is -0.466 e. The molecule has 1 aliphatic heterocycles. The summed E-state index contributed by atoms with van der Waals surface area (Å²) in [5.41, 5.74) is 4.74. The zero-order valence-electron chi connectivity index (χ0n) is 19.9. The second-order valence-corrected chi connectivity index (χ2v) is 8.35. The summed E-state index contributed by atoms with van der Waals surface area (Å²) in [7, 11) is 0. The van der Waals surface area contributed by atoms with Gasteiger partial charge in [0.05, 0.1) is 18.6 Å². The molecule has 0 saturated heterocycles. The zero-order valence-corrected chi connectivity index (χ0v) is 19.9. The lowest BCUT2D eigenvalue weighted by molar-refractivity contribution is -0.142. The fourth-order valence-corrected chi connectivity index (χ4v) is 4.86. The number of fused-ring (bicyclic) bond motifs is 2. The van der Waals surface area contributed by atoms with Gasteiger partial charge in [0.2, 0.25) is 0 Å². The smallest absolute Gasteiger partial charge is 0.310 e. The van der Waals surface area contributed by atoms with Crippen LogP contribution in [0.15, 0.2) is 60.7 Å². The highest BCUT2D eigenvalue weighted by Crippen LogP contribution is 2.42. The average molecular weight is 468 g/mol. The van der Waals surface area contributed by atoms with Crippen LogP contribution in [0, 0.1) is 6.92 Å². The SMILES string of the molecule is CCOC(=O)Cc1c(C)n(-c2ccccc2)c2nc3c(c(-c4ccccc4)c12)C(=O)N(CC)C3=O. The molecule has 3 heterocycles. The van der Waals surface area contributed by atoms with E-state index in [2.05, 4.69) is 0 Å². The highest BCUT2D eigenvalue weighted by Gasteiger charge is 2.41. The van der Waals surface area contributed by atoms with Gasteiger partial charge in [-0.25, -0.2) is 4.98 Å². The van der Waals surface area contributed by atoms with Crippen molar-refractivity contribution in [2.24, 2.45) is 0 Å². The summed E-state index contributed by atoms with van der Waals surface area (Å²) in [4.78, 5) is 45.3. The Morgan fingerprint density at radius 2 is 1.57 bits per heavy atom. The van der Waals surface area contributed by atoms with Crippen molar-refractivity contribution in [2.75, 3.05) is 13.2 Å². The van der Waals surface area contributed by atoms with Crippen LogP contribution >= 0.6 is 0 Å². The number of carbonyl (C=O) groups is 3. The molecule has 2 amide bonds. The van der Waals surface area contributed by atoms with Crippen LogP contribution in [-0.4, -0.2) is 45.4 Å². The molecule has 2 aromatic carbocycles. The van der Waals surface area contributed by atoms with Gasteiger partial charge in [-0.1, -0.05) is 48.5 Å². The molecule has 0 atom stereocenters. The molecule has 0 unspecified atom stereocenters. The van der Waals surface area contributed by atoms with E-state index < -0.39 is 5.91 Å². The third-order valence-electron chi connectivity index (χ3n) is 6.39. The number of aromatic nitrogens is 2. The van der Waals surface area contributed by atoms with E-state index in [1.54, 1.807) is 13.8 Å². The standard InChI is InChI=1S/C28H25N3O4/c1-4-30-27(33)24-22(18-12-8-6-9-13-18)23-20(16-21(32)35-5-2)17(3)31(19-14-10-7-11-15-19)26(23)29-25(24)28(30)34/h6-15H,4-5,16H2,1-3H3. The number of hydrogen-bond acceptors (Lipinski definition) is 5. The number of imide groups is 1. The molecule has 35 heavy (non-hydrogen) atoms. The number of carbonyl (C=O) groups excluding carboxylic acids is 3. The van der Waals surface area contributed by atoms with Gasteiger partial charge in [-0.2, -0.15) is 0 Å². The highest BCUT2D eigenvalue weighted by molar-refractivity contribution is 6.26. The van der Waals surface area contributed by atoms with Crippen molar-refractivity contribution in [1.82, 2.24) is 14.5 Å². The topological polar surface area (TPSA) is 81.5 Å². The number of amides is 2. The lowest BCUT2D eigenvalue weighted by atomic mass is 9.93. The number of pyridine rings is 1. The average Bonchev–Trinajstić information content (AvgIpc) is 3.28. The Bertz CT molecular complexity index is 1470. The largest absolute Gasteiger partial charge is 0.466 e. The lowest BCUT2D eigenvalue weighted by Crippen LogP contribution is -2.29. The van der Waals surface area contributed by atoms with Gasteiger partial charge in [0.15, 0.2) is 0 Å². The van der Waals surface area contributed by atoms with Crippen molar-refractivity contribution in [3.05, 3.63) is 83.2 Å². The predicted molar refractivity (Wildman–Crippen MR) is 133 cm³/mol. The molecule has 5 rings (SSSR count). The number of ether oxygens (including phenoxy) is 1. The Labute approximate surface area is 203 Å². The maximum atomic E-state index is 13.4. The minimum atomic E-state index is -0.406. The summed E-state index contributed by atoms with van der Waals surface area (Å²) in [6, 6.07) is 19.1. The number of para-hydroxylation sites is 1. The lowest BCUT2D eigenvalue weighted by Gasteiger charge is -2.12. The first kappa shape index (κ1) is 22.5. The van der Waals surface area contributed by atoms with Gasteiger partial charge < -0.3 is 4.74 Å². The van der Waals surface area contributed by atoms with Crippen LogP contribution in [0.3, 0.4) is 0 Å². The van der Waals surface area contributed by atoms with E-state index in [-0.39, 0.29) is 42.7 Å². The van der Waals surface area contributed by atoms with E-state index in [1.165, 1.54) is 4.90 Å². The van der Waals surface area contributed by atoms with Crippen LogP contribution in [0.4, 0.5) is 0 Å². The van der Waals surface area contributed by atoms with Crippen molar-refractivity contribution >= 4 is 28.8 Å². The van der Waals surface area contributed by atoms with Gasteiger partial charge in [0.25, 0.3) is 11.8 Å². The molecule has 0 aliphatic carbocycles. The summed E-state index contributed by atoms with van der Waals surface area (Å²) >= 11 is 0. The second-order valence-electron chi connectivity index (χ2n) is 8.35. The molecule has 4 aromatic rings. The molecule has 0 saturated carbocycles. The van der Waals surface area contributed by atoms with Crippen molar-refractivity contribution < 1.29 is 19.1 Å². The Hall–Kier alpha value is -4.26. The van der Waals surface area contributed by atoms with Crippen LogP contribution in [0.2, 0.25) is 0 Å². The van der Waals surface area contributed by atoms with Crippen LogP contribution in [-0.2, 0) is 16.0 Å². The number of esters is 1. The molecule has 2 aromatic heterocycles. The number of rotatable bonds is 6. The first-order valence-corrected chi connectivity index (χ1v) is 11.7. The van der Waals surface area contributed by atoms with E-state index in [9.17, 15) is 14.4 Å². The molecule has 0 bridgehead atoms. The normalized spacial score (nSPS) is 12.9. The summed E-state index contributed by atoms with van der Waals surface area (Å²) in [6.07, 6.45) is 0.0237. The summed E-state index contributed by atoms with van der Waals surface area (Å²) < 4.78 is 7.23. The molecular weight excluding hydrogens is 442 g/mol. The predicted octanol–water partition coefficient (Wildman–Crippen LogP) is 4.72. The molecule has 0 fully saturated rings. The Morgan fingerprint density at radius 1 is 0.914 bits per heavy atom. The van der Waals surface area contributed by atoms with E-state index in [4.69, 9.17) is 9.72 Å². The van der Waals surface area contributed by atoms with Crippen LogP contribution < -0.4 is 0 Å². The summed E-state index contributed by atoms with van der Waals surface area (Å²) in [6.45, 7) is 5.98. The Kier molecular flexibility index (Phi) is 5.68. The Morgan fingerprint density at radius 3 is 2.20 bits per heavy atom. The molecule has 0 radical (unpaired) electrons. The quantitative estimate of drug-likeness (QED) is 0.303. The van der Waals surface area contributed by atoms with Gasteiger partial charge in [0.1, 0.15) is 11.3 Å². The van der Waals surface area contributed by atoms with Crippen molar-refractivity contribution in [3.8, 4) is 16.8 Å². The van der Waals surface area contributed by atoms with E-state index in [1.807, 2.05) is 72.2 Å². The minimum absolute atomic E-state index is 0.0237. The first-order chi connectivity index (χ1) is 17.0. The maximum absolute atomic E-state index is 13.4. The highest BCUT2D eigenvalue weighted by atomic mass is 16.5. The molecule has 176 valence electrons. The van der Waals surface area contributed by atoms with Crippen molar-refractivity contribution in [2.45, 2.75) is 27.2 Å². The molecule has 0 spiro atoms. The van der Waals surface area contributed by atoms with Crippen molar-refractivity contribution in [1.29, 1.82) is 0 Å². The van der Waals surface area contributed by atoms with Crippen molar-refractivity contribution in [3.63, 3.8) is 0 Å². The third kappa shape index (κ3) is 3.51. The fourth-order valence-electron chi connectivity index (χ4n) is 4.86. The fraction of sp³-hybridized carbons (Fsp3) is 0.214. The Balaban J connectivity index is 1.95. The number of nitrogens with zero attached hydrogens (tertiary/aromatic N) is 3. The van der Waals surface area contributed by atoms with Gasteiger partial charge >= 0.3 is 5.97 Å². The first-order valence-electron chi connectivity index (χ1n) is 11.7. The zero-order chi connectivity index (χ0) is 24.7. The van der Waals surface area contributed by atoms with Gasteiger partial charge in [-0.15, -0.1) is 0 Å². The monoisotopic (exact) mass is 467 g/mol. The number of benzene rings is 2. The third-order valence-corrected chi connectivity index (χ3v) is 6.39. The number of hydrogen-bond donors (Lipinski definition) is 0. The molecular formula is C28H25N3O4. The second kappa shape index (κ2) is 8.83. The summed E-state index contributed by atoms with van der Waals surface area (Å²) in [5.74, 6) is -1.13.